The first-order valence-corrected chi connectivity index (χ1v) is 16.5. The fourth-order valence-electron chi connectivity index (χ4n) is 6.86. The normalized spacial score (nSPS) is 22.4. The minimum Gasteiger partial charge on any atom is -0.493 e. The van der Waals surface area contributed by atoms with E-state index in [0.29, 0.717) is 23.7 Å². The van der Waals surface area contributed by atoms with Crippen LogP contribution in [0.4, 0.5) is 0 Å². The summed E-state index contributed by atoms with van der Waals surface area (Å²) >= 11 is 0. The molecular formula is C39H54O8. The van der Waals surface area contributed by atoms with Gasteiger partial charge >= 0.3 is 0 Å². The Kier molecular flexibility index (Phi) is 12.6. The van der Waals surface area contributed by atoms with Crippen molar-refractivity contribution in [3.8, 4) is 23.0 Å². The second kappa shape index (κ2) is 16.2. The number of allylic oxidation sites excluding steroid dienone is 3. The Morgan fingerprint density at radius 3 is 2.11 bits per heavy atom. The standard InChI is InChI=1S/C39H54O8/c1-26(10-9-11-27(2)23-40)12-15-31-32(45-24-42-6)19-29(20-33(31)46-25-43-7)14-13-28-18-30-22-35-38(3,4)36(41)16-17-39(35,5)47-37(30)34(21-28)44-8/h11-14,18-21,35-36,40-41H,9-10,15-17,22-25H2,1-8H3. The molecule has 0 aromatic heterocycles. The van der Waals surface area contributed by atoms with E-state index in [1.54, 1.807) is 21.3 Å². The van der Waals surface area contributed by atoms with Crippen molar-refractivity contribution in [1.29, 1.82) is 0 Å². The molecule has 0 amide bonds. The summed E-state index contributed by atoms with van der Waals surface area (Å²) in [6, 6.07) is 8.16. The fourth-order valence-corrected chi connectivity index (χ4v) is 6.86. The summed E-state index contributed by atoms with van der Waals surface area (Å²) in [5.74, 6) is 3.03. The maximum Gasteiger partial charge on any atom is 0.188 e. The van der Waals surface area contributed by atoms with Gasteiger partial charge in [0.25, 0.3) is 0 Å². The molecule has 0 bridgehead atoms. The van der Waals surface area contributed by atoms with Gasteiger partial charge in [-0.05, 0) is 106 Å². The second-order valence-corrected chi connectivity index (χ2v) is 13.7. The topological polar surface area (TPSA) is 95.8 Å². The molecule has 47 heavy (non-hydrogen) atoms. The lowest BCUT2D eigenvalue weighted by atomic mass is 9.57. The Bertz CT molecular complexity index is 1430. The van der Waals surface area contributed by atoms with E-state index in [4.69, 9.17) is 28.4 Å². The Balaban J connectivity index is 1.65. The molecule has 8 heteroatoms. The third kappa shape index (κ3) is 8.79. The fraction of sp³-hybridized carbons (Fsp3) is 0.538. The lowest BCUT2D eigenvalue weighted by Crippen LogP contribution is -2.58. The zero-order valence-corrected chi connectivity index (χ0v) is 29.5. The predicted octanol–water partition coefficient (Wildman–Crippen LogP) is 7.53. The van der Waals surface area contributed by atoms with Gasteiger partial charge in [-0.3, -0.25) is 0 Å². The van der Waals surface area contributed by atoms with Crippen molar-refractivity contribution in [2.45, 2.75) is 84.8 Å². The van der Waals surface area contributed by atoms with E-state index in [1.165, 1.54) is 5.57 Å². The molecule has 0 saturated heterocycles. The Morgan fingerprint density at radius 2 is 1.51 bits per heavy atom. The minimum atomic E-state index is -0.361. The largest absolute Gasteiger partial charge is 0.493 e. The maximum atomic E-state index is 10.9. The minimum absolute atomic E-state index is 0.0850. The highest BCUT2D eigenvalue weighted by atomic mass is 16.7. The van der Waals surface area contributed by atoms with Crippen molar-refractivity contribution in [2.24, 2.45) is 11.3 Å². The van der Waals surface area contributed by atoms with Crippen molar-refractivity contribution in [2.75, 3.05) is 41.5 Å². The summed E-state index contributed by atoms with van der Waals surface area (Å²) in [6.45, 7) is 10.8. The Labute approximate surface area is 281 Å². The van der Waals surface area contributed by atoms with Gasteiger partial charge in [0.1, 0.15) is 17.1 Å². The molecule has 2 N–H and O–H groups in total. The molecule has 1 heterocycles. The highest BCUT2D eigenvalue weighted by Crippen LogP contribution is 2.55. The molecule has 1 fully saturated rings. The highest BCUT2D eigenvalue weighted by Gasteiger charge is 2.54. The van der Waals surface area contributed by atoms with Crippen molar-refractivity contribution in [3.63, 3.8) is 0 Å². The van der Waals surface area contributed by atoms with Gasteiger partial charge < -0.3 is 38.6 Å². The Morgan fingerprint density at radius 1 is 0.894 bits per heavy atom. The van der Waals surface area contributed by atoms with Crippen LogP contribution in [0.15, 0.2) is 47.6 Å². The first kappa shape index (κ1) is 36.5. The third-order valence-corrected chi connectivity index (χ3v) is 9.80. The van der Waals surface area contributed by atoms with E-state index in [2.05, 4.69) is 52.0 Å². The molecule has 0 spiro atoms. The average molecular weight is 651 g/mol. The van der Waals surface area contributed by atoms with Crippen LogP contribution in [0, 0.1) is 11.3 Å². The number of aliphatic hydroxyl groups is 2. The van der Waals surface area contributed by atoms with Crippen LogP contribution in [0.5, 0.6) is 23.0 Å². The van der Waals surface area contributed by atoms with Crippen molar-refractivity contribution in [3.05, 3.63) is 69.8 Å². The number of ether oxygens (including phenoxy) is 6. The lowest BCUT2D eigenvalue weighted by molar-refractivity contribution is -0.138. The molecule has 1 aliphatic heterocycles. The van der Waals surface area contributed by atoms with Gasteiger partial charge in [-0.2, -0.15) is 0 Å². The number of methoxy groups -OCH3 is 3. The smallest absolute Gasteiger partial charge is 0.188 e. The van der Waals surface area contributed by atoms with E-state index < -0.39 is 0 Å². The highest BCUT2D eigenvalue weighted by molar-refractivity contribution is 5.74. The summed E-state index contributed by atoms with van der Waals surface area (Å²) in [7, 11) is 4.88. The maximum absolute atomic E-state index is 10.9. The zero-order chi connectivity index (χ0) is 34.2. The number of fused-ring (bicyclic) bond motifs is 2. The van der Waals surface area contributed by atoms with Gasteiger partial charge in [-0.25, -0.2) is 0 Å². The quantitative estimate of drug-likeness (QED) is 0.116. The van der Waals surface area contributed by atoms with Crippen LogP contribution in [-0.4, -0.2) is 63.4 Å². The molecule has 3 unspecified atom stereocenters. The monoisotopic (exact) mass is 650 g/mol. The summed E-state index contributed by atoms with van der Waals surface area (Å²) < 4.78 is 35.2. The molecule has 0 radical (unpaired) electrons. The van der Waals surface area contributed by atoms with Gasteiger partial charge in [0.2, 0.25) is 0 Å². The third-order valence-electron chi connectivity index (χ3n) is 9.80. The van der Waals surface area contributed by atoms with E-state index in [0.717, 1.165) is 65.7 Å². The first-order chi connectivity index (χ1) is 22.4. The van der Waals surface area contributed by atoms with Gasteiger partial charge in [0.05, 0.1) is 19.8 Å². The van der Waals surface area contributed by atoms with E-state index in [9.17, 15) is 10.2 Å². The SMILES string of the molecule is COCOc1cc(C=Cc2cc3c(c(OC)c2)OC2(C)CCC(O)C(C)(C)C2C3)cc(OCOC)c1CC=C(C)CCC=C(C)CO. The summed E-state index contributed by atoms with van der Waals surface area (Å²) in [5.41, 5.74) is 5.46. The van der Waals surface area contributed by atoms with E-state index >= 15 is 0 Å². The molecule has 1 aliphatic carbocycles. The van der Waals surface area contributed by atoms with Gasteiger partial charge in [0.15, 0.2) is 25.1 Å². The molecule has 4 rings (SSSR count). The molecule has 3 atom stereocenters. The molecule has 1 saturated carbocycles. The number of hydrogen-bond donors (Lipinski definition) is 2. The summed E-state index contributed by atoms with van der Waals surface area (Å²) in [5, 5.41) is 20.1. The molecule has 258 valence electrons. The van der Waals surface area contributed by atoms with Crippen LogP contribution in [0.3, 0.4) is 0 Å². The molecule has 2 aromatic carbocycles. The first-order valence-electron chi connectivity index (χ1n) is 16.5. The molecule has 2 aromatic rings. The van der Waals surface area contributed by atoms with Crippen LogP contribution in [-0.2, 0) is 22.3 Å². The van der Waals surface area contributed by atoms with Crippen LogP contribution in [0.25, 0.3) is 12.2 Å². The predicted molar refractivity (Wildman–Crippen MR) is 186 cm³/mol. The summed E-state index contributed by atoms with van der Waals surface area (Å²) in [4.78, 5) is 0. The zero-order valence-electron chi connectivity index (χ0n) is 29.5. The van der Waals surface area contributed by atoms with Crippen molar-refractivity contribution >= 4 is 12.2 Å². The Hall–Kier alpha value is -3.30. The average Bonchev–Trinajstić information content (AvgIpc) is 3.05. The van der Waals surface area contributed by atoms with Gasteiger partial charge in [-0.15, -0.1) is 0 Å². The lowest BCUT2D eigenvalue weighted by Gasteiger charge is -2.55. The van der Waals surface area contributed by atoms with E-state index in [-0.39, 0.29) is 43.2 Å². The summed E-state index contributed by atoms with van der Waals surface area (Å²) in [6.07, 6.45) is 12.7. The number of hydrogen-bond acceptors (Lipinski definition) is 8. The van der Waals surface area contributed by atoms with Crippen LogP contribution in [0.1, 0.15) is 82.6 Å². The molecular weight excluding hydrogens is 596 g/mol. The van der Waals surface area contributed by atoms with Crippen LogP contribution < -0.4 is 18.9 Å². The number of benzene rings is 2. The van der Waals surface area contributed by atoms with Crippen molar-refractivity contribution in [1.82, 2.24) is 0 Å². The number of rotatable bonds is 15. The van der Waals surface area contributed by atoms with E-state index in [1.807, 2.05) is 31.2 Å². The van der Waals surface area contributed by atoms with Crippen LogP contribution >= 0.6 is 0 Å². The van der Waals surface area contributed by atoms with Crippen molar-refractivity contribution < 1.29 is 38.6 Å². The van der Waals surface area contributed by atoms with Gasteiger partial charge in [-0.1, -0.05) is 49.3 Å². The second-order valence-electron chi connectivity index (χ2n) is 13.7. The van der Waals surface area contributed by atoms with Gasteiger partial charge in [0, 0.05) is 25.7 Å². The number of aliphatic hydroxyl groups excluding tert-OH is 2. The molecule has 2 aliphatic rings. The van der Waals surface area contributed by atoms with Crippen LogP contribution in [0.2, 0.25) is 0 Å². The molecule has 8 nitrogen and oxygen atoms in total.